The topological polar surface area (TPSA) is 73.6 Å². The van der Waals surface area contributed by atoms with Gasteiger partial charge in [0.2, 0.25) is 5.91 Å². The molecule has 3 heterocycles. The summed E-state index contributed by atoms with van der Waals surface area (Å²) in [5.74, 6) is 0.960. The van der Waals surface area contributed by atoms with Crippen LogP contribution in [0.5, 0.6) is 0 Å². The van der Waals surface area contributed by atoms with E-state index in [2.05, 4.69) is 10.5 Å². The van der Waals surface area contributed by atoms with Gasteiger partial charge in [-0.05, 0) is 18.6 Å². The van der Waals surface area contributed by atoms with Gasteiger partial charge in [0, 0.05) is 30.0 Å². The van der Waals surface area contributed by atoms with Gasteiger partial charge < -0.3 is 19.3 Å². The Morgan fingerprint density at radius 3 is 3.12 bits per heavy atom. The number of carbonyl (C=O) groups is 1. The van der Waals surface area contributed by atoms with Crippen LogP contribution in [0, 0.1) is 5.92 Å². The van der Waals surface area contributed by atoms with Crippen molar-refractivity contribution >= 4 is 28.8 Å². The Bertz CT molecular complexity index is 667. The highest BCUT2D eigenvalue weighted by molar-refractivity contribution is 7.16. The van der Waals surface area contributed by atoms with Gasteiger partial charge in [-0.2, -0.15) is 0 Å². The van der Waals surface area contributed by atoms with Crippen LogP contribution in [0.3, 0.4) is 0 Å². The van der Waals surface area contributed by atoms with Gasteiger partial charge in [-0.15, -0.1) is 11.3 Å². The third-order valence-electron chi connectivity index (χ3n) is 3.68. The van der Waals surface area contributed by atoms with E-state index in [1.54, 1.807) is 6.07 Å². The van der Waals surface area contributed by atoms with Crippen LogP contribution in [0.1, 0.15) is 22.8 Å². The van der Waals surface area contributed by atoms with E-state index in [0.29, 0.717) is 37.1 Å². The van der Waals surface area contributed by atoms with Crippen molar-refractivity contribution < 1.29 is 18.8 Å². The Labute approximate surface area is 149 Å². The van der Waals surface area contributed by atoms with Gasteiger partial charge in [0.05, 0.1) is 29.7 Å². The summed E-state index contributed by atoms with van der Waals surface area (Å²) in [6.45, 7) is 2.93. The second-order valence-corrected chi connectivity index (χ2v) is 7.49. The highest BCUT2D eigenvalue weighted by Gasteiger charge is 2.17. The number of aromatic nitrogens is 1. The zero-order valence-electron chi connectivity index (χ0n) is 13.1. The van der Waals surface area contributed by atoms with Gasteiger partial charge in [-0.1, -0.05) is 16.8 Å². The number of nitrogens with one attached hydrogen (secondary N) is 1. The fourth-order valence-corrected chi connectivity index (χ4v) is 3.44. The number of hydrogen-bond acceptors (Lipinski definition) is 6. The molecule has 1 fully saturated rings. The lowest BCUT2D eigenvalue weighted by Gasteiger charge is -2.08. The van der Waals surface area contributed by atoms with Crippen molar-refractivity contribution in [2.24, 2.45) is 5.92 Å². The maximum absolute atomic E-state index is 11.9. The first-order valence-electron chi connectivity index (χ1n) is 7.80. The summed E-state index contributed by atoms with van der Waals surface area (Å²) in [5.41, 5.74) is 0.605. The number of halogens is 1. The highest BCUT2D eigenvalue weighted by atomic mass is 35.5. The van der Waals surface area contributed by atoms with Crippen LogP contribution in [-0.4, -0.2) is 30.8 Å². The maximum atomic E-state index is 11.9. The van der Waals surface area contributed by atoms with Crippen molar-refractivity contribution in [3.05, 3.63) is 38.9 Å². The van der Waals surface area contributed by atoms with Gasteiger partial charge in [-0.25, -0.2) is 0 Å². The molecule has 0 aromatic carbocycles. The second kappa shape index (κ2) is 8.62. The summed E-state index contributed by atoms with van der Waals surface area (Å²) in [6, 6.07) is 5.52. The van der Waals surface area contributed by atoms with Crippen LogP contribution in [0.15, 0.2) is 22.7 Å². The molecule has 0 saturated carbocycles. The van der Waals surface area contributed by atoms with E-state index in [0.717, 1.165) is 28.8 Å². The summed E-state index contributed by atoms with van der Waals surface area (Å²) in [7, 11) is 0. The van der Waals surface area contributed by atoms with Crippen molar-refractivity contribution in [2.75, 3.05) is 19.8 Å². The normalized spacial score (nSPS) is 17.3. The van der Waals surface area contributed by atoms with Crippen LogP contribution >= 0.6 is 22.9 Å². The molecule has 1 aliphatic heterocycles. The molecule has 8 heteroatoms. The standard InChI is InChI=1S/C16H19ClN2O4S/c17-15-2-1-14(24-15)10-22-9-13-5-12(19-23-13)6-16(20)18-7-11-3-4-21-8-11/h1-2,5,11H,3-4,6-10H2,(H,18,20). The number of amides is 1. The number of hydrogen-bond donors (Lipinski definition) is 1. The molecular formula is C16H19ClN2O4S. The molecule has 0 radical (unpaired) electrons. The molecule has 2 aromatic heterocycles. The fraction of sp³-hybridized carbons (Fsp3) is 0.500. The summed E-state index contributed by atoms with van der Waals surface area (Å²) in [6.07, 6.45) is 1.21. The summed E-state index contributed by atoms with van der Waals surface area (Å²) >= 11 is 7.35. The van der Waals surface area contributed by atoms with E-state index in [1.807, 2.05) is 12.1 Å². The Kier molecular flexibility index (Phi) is 6.25. The first-order chi connectivity index (χ1) is 11.7. The van der Waals surface area contributed by atoms with E-state index >= 15 is 0 Å². The van der Waals surface area contributed by atoms with E-state index in [1.165, 1.54) is 11.3 Å². The average molecular weight is 371 g/mol. The lowest BCUT2D eigenvalue weighted by Crippen LogP contribution is -2.30. The van der Waals surface area contributed by atoms with Crippen LogP contribution in [0.2, 0.25) is 4.34 Å². The molecule has 1 N–H and O–H groups in total. The molecule has 2 aromatic rings. The van der Waals surface area contributed by atoms with Crippen molar-refractivity contribution in [3.8, 4) is 0 Å². The Balaban J connectivity index is 1.37. The molecule has 1 atom stereocenters. The fourth-order valence-electron chi connectivity index (χ4n) is 2.42. The molecule has 3 rings (SSSR count). The molecule has 0 aliphatic carbocycles. The summed E-state index contributed by atoms with van der Waals surface area (Å²) < 4.78 is 16.8. The van der Waals surface area contributed by atoms with E-state index in [4.69, 9.17) is 25.6 Å². The highest BCUT2D eigenvalue weighted by Crippen LogP contribution is 2.22. The third kappa shape index (κ3) is 5.31. The molecular weight excluding hydrogens is 352 g/mol. The number of nitrogens with zero attached hydrogens (tertiary/aromatic N) is 1. The van der Waals surface area contributed by atoms with Crippen molar-refractivity contribution in [3.63, 3.8) is 0 Å². The van der Waals surface area contributed by atoms with Gasteiger partial charge in [0.25, 0.3) is 0 Å². The Hall–Kier alpha value is -1.41. The minimum Gasteiger partial charge on any atom is -0.381 e. The summed E-state index contributed by atoms with van der Waals surface area (Å²) in [5, 5.41) is 6.81. The molecule has 1 amide bonds. The smallest absolute Gasteiger partial charge is 0.226 e. The minimum absolute atomic E-state index is 0.0594. The van der Waals surface area contributed by atoms with Gasteiger partial charge in [-0.3, -0.25) is 4.79 Å². The quantitative estimate of drug-likeness (QED) is 0.773. The molecule has 0 bridgehead atoms. The maximum Gasteiger partial charge on any atom is 0.226 e. The predicted molar refractivity (Wildman–Crippen MR) is 90.0 cm³/mol. The van der Waals surface area contributed by atoms with Gasteiger partial charge in [0.1, 0.15) is 6.61 Å². The molecule has 1 aliphatic rings. The lowest BCUT2D eigenvalue weighted by atomic mass is 10.1. The third-order valence-corrected chi connectivity index (χ3v) is 4.88. The van der Waals surface area contributed by atoms with E-state index in [-0.39, 0.29) is 12.3 Å². The minimum atomic E-state index is -0.0594. The van der Waals surface area contributed by atoms with Crippen LogP contribution in [0.4, 0.5) is 0 Å². The molecule has 0 spiro atoms. The Morgan fingerprint density at radius 2 is 2.38 bits per heavy atom. The van der Waals surface area contributed by atoms with Crippen LogP contribution in [0.25, 0.3) is 0 Å². The van der Waals surface area contributed by atoms with E-state index < -0.39 is 0 Å². The number of thiophene rings is 1. The van der Waals surface area contributed by atoms with Gasteiger partial charge in [0.15, 0.2) is 5.76 Å². The summed E-state index contributed by atoms with van der Waals surface area (Å²) in [4.78, 5) is 13.0. The predicted octanol–water partition coefficient (Wildman–Crippen LogP) is 2.80. The molecule has 1 unspecified atom stereocenters. The second-order valence-electron chi connectivity index (χ2n) is 5.69. The first kappa shape index (κ1) is 17.4. The molecule has 1 saturated heterocycles. The number of ether oxygens (including phenoxy) is 2. The lowest BCUT2D eigenvalue weighted by molar-refractivity contribution is -0.120. The van der Waals surface area contributed by atoms with Crippen molar-refractivity contribution in [1.82, 2.24) is 10.5 Å². The van der Waals surface area contributed by atoms with Crippen molar-refractivity contribution in [1.29, 1.82) is 0 Å². The SMILES string of the molecule is O=C(Cc1cc(COCc2ccc(Cl)s2)on1)NCC1CCOC1. The largest absolute Gasteiger partial charge is 0.381 e. The van der Waals surface area contributed by atoms with E-state index in [9.17, 15) is 4.79 Å². The number of carbonyl (C=O) groups excluding carboxylic acids is 1. The van der Waals surface area contributed by atoms with Crippen LogP contribution in [-0.2, 0) is 33.9 Å². The van der Waals surface area contributed by atoms with Crippen molar-refractivity contribution in [2.45, 2.75) is 26.1 Å². The number of rotatable bonds is 8. The van der Waals surface area contributed by atoms with Gasteiger partial charge >= 0.3 is 0 Å². The molecule has 24 heavy (non-hydrogen) atoms. The zero-order chi connectivity index (χ0) is 16.8. The van der Waals surface area contributed by atoms with Crippen LogP contribution < -0.4 is 5.32 Å². The molecule has 130 valence electrons. The monoisotopic (exact) mass is 370 g/mol. The Morgan fingerprint density at radius 1 is 1.46 bits per heavy atom. The average Bonchev–Trinajstić information content (AvgIpc) is 3.28. The molecule has 6 nitrogen and oxygen atoms in total. The zero-order valence-corrected chi connectivity index (χ0v) is 14.7. The first-order valence-corrected chi connectivity index (χ1v) is 8.99.